The Balaban J connectivity index is 3.13. The van der Waals surface area contributed by atoms with Crippen molar-refractivity contribution in [3.8, 4) is 0 Å². The molecule has 2 heteroatoms. The van der Waals surface area contributed by atoms with Gasteiger partial charge in [-0.1, -0.05) is 181 Å². The summed E-state index contributed by atoms with van der Waals surface area (Å²) in [5.74, 6) is 0. The molecule has 38 heavy (non-hydrogen) atoms. The Morgan fingerprint density at radius 1 is 0.368 bits per heavy atom. The van der Waals surface area contributed by atoms with Crippen LogP contribution in [0, 0.1) is 6.92 Å². The van der Waals surface area contributed by atoms with Gasteiger partial charge in [0.25, 0.3) is 0 Å². The lowest BCUT2D eigenvalue weighted by molar-refractivity contribution is 0.0424. The maximum absolute atomic E-state index is 5.89. The minimum Gasteiger partial charge on any atom is -0.381 e. The molecule has 0 N–H and O–H groups in total. The smallest absolute Gasteiger partial charge is 0.0598 e. The lowest BCUT2D eigenvalue weighted by Gasteiger charge is -2.13. The molecule has 1 atom stereocenters. The fraction of sp³-hybridized carbons (Fsp3) is 0.972. The minimum absolute atomic E-state index is 0.0910. The molecule has 1 unspecified atom stereocenters. The third-order valence-electron chi connectivity index (χ3n) is 8.08. The van der Waals surface area contributed by atoms with E-state index in [4.69, 9.17) is 9.47 Å². The molecule has 0 amide bonds. The van der Waals surface area contributed by atoms with E-state index in [-0.39, 0.29) is 6.10 Å². The first-order chi connectivity index (χ1) is 18.8. The molecule has 0 heterocycles. The lowest BCUT2D eigenvalue weighted by Crippen LogP contribution is -2.13. The molecule has 0 bridgehead atoms. The van der Waals surface area contributed by atoms with Crippen molar-refractivity contribution in [3.63, 3.8) is 0 Å². The van der Waals surface area contributed by atoms with Crippen molar-refractivity contribution < 1.29 is 9.47 Å². The summed E-state index contributed by atoms with van der Waals surface area (Å²) in [5, 5.41) is 0. The van der Waals surface area contributed by atoms with Crippen LogP contribution in [-0.4, -0.2) is 25.9 Å². The molecule has 0 aromatic rings. The Kier molecular flexibility index (Phi) is 34.9. The van der Waals surface area contributed by atoms with Crippen LogP contribution >= 0.6 is 0 Å². The van der Waals surface area contributed by atoms with Crippen LogP contribution in [0.2, 0.25) is 0 Å². The van der Waals surface area contributed by atoms with Crippen LogP contribution in [0.15, 0.2) is 0 Å². The standard InChI is InChI=1S/C36H73O2/c1-4-6-8-10-12-14-16-18-20-22-24-26-28-30-33-37-35-32-36(3)38-34-31-29-27-25-23-21-19-17-15-13-11-9-7-5-2/h36H,3-35H2,1-2H3. The van der Waals surface area contributed by atoms with E-state index in [2.05, 4.69) is 20.8 Å². The molecule has 0 aromatic carbocycles. The molecule has 1 radical (unpaired) electrons. The van der Waals surface area contributed by atoms with Crippen molar-refractivity contribution in [2.75, 3.05) is 19.8 Å². The Morgan fingerprint density at radius 3 is 1.00 bits per heavy atom. The number of unbranched alkanes of at least 4 members (excludes halogenated alkanes) is 26. The first-order valence-corrected chi connectivity index (χ1v) is 17.8. The quantitative estimate of drug-likeness (QED) is 0.0760. The van der Waals surface area contributed by atoms with Gasteiger partial charge in [0.2, 0.25) is 0 Å². The van der Waals surface area contributed by atoms with E-state index in [1.165, 1.54) is 180 Å². The number of hydrogen-bond donors (Lipinski definition) is 0. The van der Waals surface area contributed by atoms with Crippen molar-refractivity contribution in [2.45, 2.75) is 206 Å². The van der Waals surface area contributed by atoms with Crippen LogP contribution in [0.3, 0.4) is 0 Å². The molecule has 0 saturated carbocycles. The van der Waals surface area contributed by atoms with Gasteiger partial charge in [-0.15, -0.1) is 0 Å². The van der Waals surface area contributed by atoms with E-state index < -0.39 is 0 Å². The van der Waals surface area contributed by atoms with Crippen molar-refractivity contribution in [1.82, 2.24) is 0 Å². The average Bonchev–Trinajstić information content (AvgIpc) is 2.92. The van der Waals surface area contributed by atoms with Crippen molar-refractivity contribution in [3.05, 3.63) is 6.92 Å². The van der Waals surface area contributed by atoms with Gasteiger partial charge in [0, 0.05) is 19.8 Å². The zero-order valence-electron chi connectivity index (χ0n) is 26.7. The number of rotatable bonds is 34. The van der Waals surface area contributed by atoms with Gasteiger partial charge in [0.1, 0.15) is 0 Å². The van der Waals surface area contributed by atoms with Gasteiger partial charge >= 0.3 is 0 Å². The first kappa shape index (κ1) is 37.9. The summed E-state index contributed by atoms with van der Waals surface area (Å²) < 4.78 is 11.7. The Morgan fingerprint density at radius 2 is 0.658 bits per heavy atom. The minimum atomic E-state index is 0.0910. The van der Waals surface area contributed by atoms with Gasteiger partial charge in [-0.25, -0.2) is 0 Å². The third-order valence-corrected chi connectivity index (χ3v) is 8.08. The molecule has 0 fully saturated rings. The van der Waals surface area contributed by atoms with E-state index in [0.29, 0.717) is 0 Å². The predicted molar refractivity (Wildman–Crippen MR) is 171 cm³/mol. The third kappa shape index (κ3) is 33.9. The second kappa shape index (κ2) is 34.9. The van der Waals surface area contributed by atoms with Crippen LogP contribution in [-0.2, 0) is 9.47 Å². The van der Waals surface area contributed by atoms with Gasteiger partial charge in [0.05, 0.1) is 6.10 Å². The molecule has 0 rings (SSSR count). The fourth-order valence-electron chi connectivity index (χ4n) is 5.35. The molecule has 229 valence electrons. The first-order valence-electron chi connectivity index (χ1n) is 17.8. The van der Waals surface area contributed by atoms with E-state index >= 15 is 0 Å². The number of hydrogen-bond acceptors (Lipinski definition) is 2. The maximum atomic E-state index is 5.89. The van der Waals surface area contributed by atoms with Gasteiger partial charge in [-0.2, -0.15) is 0 Å². The van der Waals surface area contributed by atoms with E-state index in [9.17, 15) is 0 Å². The molecule has 0 aromatic heterocycles. The normalized spacial score (nSPS) is 12.4. The molecule has 0 spiro atoms. The van der Waals surface area contributed by atoms with E-state index in [1.807, 2.05) is 0 Å². The summed E-state index contributed by atoms with van der Waals surface area (Å²) in [4.78, 5) is 0. The summed E-state index contributed by atoms with van der Waals surface area (Å²) in [5.41, 5.74) is 0. The monoisotopic (exact) mass is 538 g/mol. The highest BCUT2D eigenvalue weighted by Crippen LogP contribution is 2.14. The molecule has 0 aliphatic heterocycles. The highest BCUT2D eigenvalue weighted by molar-refractivity contribution is 4.60. The lowest BCUT2D eigenvalue weighted by atomic mass is 10.0. The highest BCUT2D eigenvalue weighted by atomic mass is 16.5. The summed E-state index contributed by atoms with van der Waals surface area (Å²) >= 11 is 0. The zero-order chi connectivity index (χ0) is 27.6. The van der Waals surface area contributed by atoms with Crippen LogP contribution in [0.5, 0.6) is 0 Å². The van der Waals surface area contributed by atoms with Gasteiger partial charge in [-0.3, -0.25) is 0 Å². The molecule has 2 nitrogen and oxygen atoms in total. The summed E-state index contributed by atoms with van der Waals surface area (Å²) in [6.07, 6.45) is 40.3. The van der Waals surface area contributed by atoms with Crippen LogP contribution in [0.4, 0.5) is 0 Å². The zero-order valence-corrected chi connectivity index (χ0v) is 26.7. The van der Waals surface area contributed by atoms with Gasteiger partial charge in [0.15, 0.2) is 0 Å². The topological polar surface area (TPSA) is 18.5 Å². The van der Waals surface area contributed by atoms with Crippen molar-refractivity contribution in [1.29, 1.82) is 0 Å². The van der Waals surface area contributed by atoms with Crippen molar-refractivity contribution >= 4 is 0 Å². The SMILES string of the molecule is [CH2]C(CCOCCCCCCCCCCCCCCCC)OCCCCCCCCCCCCCCCC. The van der Waals surface area contributed by atoms with Crippen LogP contribution in [0.1, 0.15) is 200 Å². The van der Waals surface area contributed by atoms with Crippen LogP contribution in [0.25, 0.3) is 0 Å². The predicted octanol–water partition coefficient (Wildman–Crippen LogP) is 12.6. The highest BCUT2D eigenvalue weighted by Gasteiger charge is 2.02. The Hall–Kier alpha value is -0.0800. The largest absolute Gasteiger partial charge is 0.381 e. The van der Waals surface area contributed by atoms with E-state index in [1.54, 1.807) is 0 Å². The Labute approximate surface area is 242 Å². The molecular weight excluding hydrogens is 464 g/mol. The van der Waals surface area contributed by atoms with Crippen LogP contribution < -0.4 is 0 Å². The second-order valence-corrected chi connectivity index (χ2v) is 12.1. The van der Waals surface area contributed by atoms with Gasteiger partial charge < -0.3 is 9.47 Å². The number of ether oxygens (including phenoxy) is 2. The molecule has 0 saturated heterocycles. The summed E-state index contributed by atoms with van der Waals surface area (Å²) in [7, 11) is 0. The molecular formula is C36H73O2. The summed E-state index contributed by atoms with van der Waals surface area (Å²) in [6.45, 7) is 11.3. The second-order valence-electron chi connectivity index (χ2n) is 12.1. The van der Waals surface area contributed by atoms with E-state index in [0.717, 1.165) is 26.2 Å². The maximum Gasteiger partial charge on any atom is 0.0598 e. The van der Waals surface area contributed by atoms with Gasteiger partial charge in [-0.05, 0) is 26.2 Å². The van der Waals surface area contributed by atoms with Crippen molar-refractivity contribution in [2.24, 2.45) is 0 Å². The average molecular weight is 538 g/mol. The Bertz CT molecular complexity index is 397. The summed E-state index contributed by atoms with van der Waals surface area (Å²) in [6, 6.07) is 0. The fourth-order valence-corrected chi connectivity index (χ4v) is 5.35. The molecule has 0 aliphatic rings. The molecule has 0 aliphatic carbocycles.